The van der Waals surface area contributed by atoms with Gasteiger partial charge in [-0.3, -0.25) is 18.8 Å². The van der Waals surface area contributed by atoms with Crippen molar-refractivity contribution in [1.29, 1.82) is 0 Å². The Hall–Kier alpha value is -3.66. The highest BCUT2D eigenvalue weighted by atomic mass is 32.2. The fourth-order valence-corrected chi connectivity index (χ4v) is 4.58. The Balaban J connectivity index is 1.63. The van der Waals surface area contributed by atoms with E-state index in [0.717, 1.165) is 11.1 Å². The highest BCUT2D eigenvalue weighted by Crippen LogP contribution is 2.24. The molecule has 0 aliphatic rings. The summed E-state index contributed by atoms with van der Waals surface area (Å²) in [6.45, 7) is 4.79. The van der Waals surface area contributed by atoms with E-state index in [2.05, 4.69) is 10.4 Å². The molecule has 1 amide bonds. The van der Waals surface area contributed by atoms with Crippen LogP contribution in [0, 0.1) is 12.7 Å². The number of thioether (sulfide) groups is 1. The van der Waals surface area contributed by atoms with E-state index in [1.165, 1.54) is 23.9 Å². The average Bonchev–Trinajstić information content (AvgIpc) is 3.20. The first-order chi connectivity index (χ1) is 16.9. The number of amides is 1. The fourth-order valence-electron chi connectivity index (χ4n) is 3.75. The largest absolute Gasteiger partial charge is 0.496 e. The number of carbonyl (C=O) groups excluding carboxylic acids is 1. The minimum Gasteiger partial charge on any atom is -0.496 e. The quantitative estimate of drug-likeness (QED) is 0.282. The summed E-state index contributed by atoms with van der Waals surface area (Å²) in [6.07, 6.45) is 0. The maximum atomic E-state index is 13.6. The molecule has 0 saturated carbocycles. The number of methoxy groups -OCH3 is 1. The Kier molecular flexibility index (Phi) is 7.50. The van der Waals surface area contributed by atoms with Gasteiger partial charge < -0.3 is 10.1 Å². The van der Waals surface area contributed by atoms with Crippen LogP contribution in [0.15, 0.2) is 58.5 Å². The monoisotopic (exact) mass is 495 g/mol. The smallest absolute Gasteiger partial charge is 0.280 e. The van der Waals surface area contributed by atoms with Gasteiger partial charge in [-0.25, -0.2) is 9.37 Å². The van der Waals surface area contributed by atoms with Gasteiger partial charge in [0.25, 0.3) is 5.56 Å². The summed E-state index contributed by atoms with van der Waals surface area (Å²) in [4.78, 5) is 30.9. The summed E-state index contributed by atoms with van der Waals surface area (Å²) < 4.78 is 21.8. The topological polar surface area (TPSA) is 91.0 Å². The molecule has 0 aliphatic heterocycles. The van der Waals surface area contributed by atoms with E-state index in [1.807, 2.05) is 38.1 Å². The van der Waals surface area contributed by atoms with Crippen molar-refractivity contribution in [1.82, 2.24) is 24.6 Å². The Bertz CT molecular complexity index is 1420. The van der Waals surface area contributed by atoms with Gasteiger partial charge in [-0.1, -0.05) is 42.1 Å². The van der Waals surface area contributed by atoms with E-state index in [9.17, 15) is 14.0 Å². The number of para-hydroxylation sites is 1. The Labute approximate surface area is 206 Å². The molecule has 35 heavy (non-hydrogen) atoms. The van der Waals surface area contributed by atoms with Crippen LogP contribution in [0.2, 0.25) is 0 Å². The van der Waals surface area contributed by atoms with Gasteiger partial charge in [-0.15, -0.1) is 0 Å². The molecular weight excluding hydrogens is 469 g/mol. The number of nitrogens with zero attached hydrogens (tertiary/aromatic N) is 4. The molecule has 2 heterocycles. The summed E-state index contributed by atoms with van der Waals surface area (Å²) >= 11 is 1.18. The van der Waals surface area contributed by atoms with E-state index in [1.54, 1.807) is 28.5 Å². The van der Waals surface area contributed by atoms with Crippen LogP contribution in [-0.2, 0) is 24.4 Å². The van der Waals surface area contributed by atoms with Crippen molar-refractivity contribution in [3.05, 3.63) is 81.5 Å². The molecule has 0 radical (unpaired) electrons. The molecule has 182 valence electrons. The SMILES string of the molecule is CCn1nc(C)c2nc(SCC(=O)NCc3ccc(F)cc3)n(Cc3ccccc3OC)c(=O)c21. The minimum atomic E-state index is -0.327. The molecule has 2 aromatic heterocycles. The van der Waals surface area contributed by atoms with Gasteiger partial charge in [0.2, 0.25) is 5.91 Å². The van der Waals surface area contributed by atoms with Crippen LogP contribution < -0.4 is 15.6 Å². The molecule has 0 bridgehead atoms. The first kappa shape index (κ1) is 24.5. The van der Waals surface area contributed by atoms with Gasteiger partial charge >= 0.3 is 0 Å². The van der Waals surface area contributed by atoms with Gasteiger partial charge in [-0.05, 0) is 37.6 Å². The number of carbonyl (C=O) groups is 1. The number of nitrogens with one attached hydrogen (secondary N) is 1. The molecule has 0 atom stereocenters. The highest BCUT2D eigenvalue weighted by molar-refractivity contribution is 7.99. The first-order valence-corrected chi connectivity index (χ1v) is 12.1. The second-order valence-electron chi connectivity index (χ2n) is 7.89. The van der Waals surface area contributed by atoms with Crippen molar-refractivity contribution >= 4 is 28.7 Å². The van der Waals surface area contributed by atoms with E-state index < -0.39 is 0 Å². The van der Waals surface area contributed by atoms with Crippen LogP contribution >= 0.6 is 11.8 Å². The van der Waals surface area contributed by atoms with Gasteiger partial charge in [-0.2, -0.15) is 5.10 Å². The summed E-state index contributed by atoms with van der Waals surface area (Å²) in [5, 5.41) is 7.70. The summed E-state index contributed by atoms with van der Waals surface area (Å²) in [5.74, 6) is 0.171. The average molecular weight is 496 g/mol. The minimum absolute atomic E-state index is 0.0615. The summed E-state index contributed by atoms with van der Waals surface area (Å²) in [6, 6.07) is 13.4. The number of halogens is 1. The lowest BCUT2D eigenvalue weighted by Crippen LogP contribution is -2.28. The van der Waals surface area contributed by atoms with Crippen LogP contribution in [-0.4, -0.2) is 38.1 Å². The second kappa shape index (κ2) is 10.7. The summed E-state index contributed by atoms with van der Waals surface area (Å²) in [7, 11) is 1.58. The number of rotatable bonds is 9. The Morgan fingerprint density at radius 3 is 2.63 bits per heavy atom. The van der Waals surface area contributed by atoms with Crippen LogP contribution in [0.4, 0.5) is 4.39 Å². The number of aromatic nitrogens is 4. The molecule has 8 nitrogen and oxygen atoms in total. The zero-order valence-corrected chi connectivity index (χ0v) is 20.6. The van der Waals surface area contributed by atoms with Crippen molar-refractivity contribution in [2.75, 3.05) is 12.9 Å². The summed E-state index contributed by atoms with van der Waals surface area (Å²) in [5.41, 5.74) is 3.01. The van der Waals surface area contributed by atoms with Crippen molar-refractivity contribution in [3.63, 3.8) is 0 Å². The van der Waals surface area contributed by atoms with Crippen molar-refractivity contribution in [2.45, 2.75) is 38.6 Å². The molecule has 2 aromatic carbocycles. The lowest BCUT2D eigenvalue weighted by molar-refractivity contribution is -0.118. The lowest BCUT2D eigenvalue weighted by Gasteiger charge is -2.14. The molecule has 4 rings (SSSR count). The van der Waals surface area contributed by atoms with Crippen molar-refractivity contribution in [2.24, 2.45) is 0 Å². The molecule has 1 N–H and O–H groups in total. The van der Waals surface area contributed by atoms with Gasteiger partial charge in [0.1, 0.15) is 17.1 Å². The lowest BCUT2D eigenvalue weighted by atomic mass is 10.2. The van der Waals surface area contributed by atoms with Gasteiger partial charge in [0.15, 0.2) is 10.7 Å². The van der Waals surface area contributed by atoms with Gasteiger partial charge in [0, 0.05) is 18.7 Å². The van der Waals surface area contributed by atoms with E-state index in [0.29, 0.717) is 34.2 Å². The highest BCUT2D eigenvalue weighted by Gasteiger charge is 2.20. The molecule has 0 unspecified atom stereocenters. The Morgan fingerprint density at radius 2 is 1.91 bits per heavy atom. The van der Waals surface area contributed by atoms with Crippen LogP contribution in [0.5, 0.6) is 5.75 Å². The van der Waals surface area contributed by atoms with E-state index in [-0.39, 0.29) is 36.1 Å². The predicted octanol–water partition coefficient (Wildman–Crippen LogP) is 3.53. The second-order valence-corrected chi connectivity index (χ2v) is 8.83. The number of fused-ring (bicyclic) bond motifs is 1. The normalized spacial score (nSPS) is 11.1. The molecule has 0 spiro atoms. The first-order valence-electron chi connectivity index (χ1n) is 11.1. The zero-order valence-electron chi connectivity index (χ0n) is 19.7. The number of benzene rings is 2. The molecule has 10 heteroatoms. The van der Waals surface area contributed by atoms with Crippen molar-refractivity contribution < 1.29 is 13.9 Å². The maximum absolute atomic E-state index is 13.6. The predicted molar refractivity (Wildman–Crippen MR) is 133 cm³/mol. The van der Waals surface area contributed by atoms with Crippen LogP contribution in [0.25, 0.3) is 11.0 Å². The van der Waals surface area contributed by atoms with E-state index in [4.69, 9.17) is 9.72 Å². The number of hydrogen-bond donors (Lipinski definition) is 1. The van der Waals surface area contributed by atoms with E-state index >= 15 is 0 Å². The third kappa shape index (κ3) is 5.37. The Morgan fingerprint density at radius 1 is 1.17 bits per heavy atom. The zero-order chi connectivity index (χ0) is 24.9. The maximum Gasteiger partial charge on any atom is 0.280 e. The molecule has 0 saturated heterocycles. The van der Waals surface area contributed by atoms with Crippen LogP contribution in [0.3, 0.4) is 0 Å². The third-order valence-corrected chi connectivity index (χ3v) is 6.51. The van der Waals surface area contributed by atoms with Gasteiger partial charge in [0.05, 0.1) is 25.1 Å². The van der Waals surface area contributed by atoms with Crippen molar-refractivity contribution in [3.8, 4) is 5.75 Å². The standard InChI is InChI=1S/C25H26FN5O3S/c1-4-31-23-22(16(2)29-31)28-25(30(24(23)33)14-18-7-5-6-8-20(18)34-3)35-15-21(32)27-13-17-9-11-19(26)12-10-17/h5-12H,4,13-15H2,1-3H3,(H,27,32). The number of ether oxygens (including phenoxy) is 1. The number of aryl methyl sites for hydroxylation is 2. The molecule has 4 aromatic rings. The van der Waals surface area contributed by atoms with Crippen LogP contribution in [0.1, 0.15) is 23.7 Å². The molecular formula is C25H26FN5O3S. The number of hydrogen-bond acceptors (Lipinski definition) is 6. The third-order valence-electron chi connectivity index (χ3n) is 5.54. The molecule has 0 fully saturated rings. The molecule has 0 aliphatic carbocycles. The fraction of sp³-hybridized carbons (Fsp3) is 0.280.